The van der Waals surface area contributed by atoms with Gasteiger partial charge in [-0.05, 0) is 43.5 Å². The van der Waals surface area contributed by atoms with Crippen molar-refractivity contribution in [1.82, 2.24) is 5.32 Å². The van der Waals surface area contributed by atoms with E-state index in [1.165, 1.54) is 13.2 Å². The molecule has 0 saturated carbocycles. The largest absolute Gasteiger partial charge is 0.469 e. The monoisotopic (exact) mass is 297 g/mol. The third-order valence-corrected chi connectivity index (χ3v) is 3.45. The quantitative estimate of drug-likeness (QED) is 0.724. The number of ether oxygens (including phenoxy) is 1. The molecule has 0 saturated heterocycles. The molecule has 5 heteroatoms. The number of aryl methyl sites for hydroxylation is 1. The number of halogens is 1. The number of hydrogen-bond donors (Lipinski definition) is 2. The van der Waals surface area contributed by atoms with Crippen LogP contribution in [0.25, 0.3) is 0 Å². The predicted molar refractivity (Wildman–Crippen MR) is 79.4 cm³/mol. The Morgan fingerprint density at radius 1 is 1.48 bits per heavy atom. The number of aliphatic hydroxyl groups excluding tert-OH is 1. The zero-order chi connectivity index (χ0) is 15.8. The molecule has 0 aliphatic rings. The fourth-order valence-corrected chi connectivity index (χ4v) is 2.16. The lowest BCUT2D eigenvalue weighted by molar-refractivity contribution is -0.141. The molecule has 0 amide bonds. The number of methoxy groups -OCH3 is 1. The molecular formula is C16H24FNO3. The number of aliphatic hydroxyl groups is 1. The van der Waals surface area contributed by atoms with Crippen molar-refractivity contribution in [2.75, 3.05) is 13.7 Å². The Morgan fingerprint density at radius 2 is 2.19 bits per heavy atom. The van der Waals surface area contributed by atoms with Gasteiger partial charge in [0, 0.05) is 12.5 Å². The van der Waals surface area contributed by atoms with Crippen LogP contribution in [0.4, 0.5) is 4.39 Å². The molecule has 2 N–H and O–H groups in total. The average molecular weight is 297 g/mol. The van der Waals surface area contributed by atoms with Crippen molar-refractivity contribution in [2.24, 2.45) is 0 Å². The summed E-state index contributed by atoms with van der Waals surface area (Å²) >= 11 is 0. The number of carbonyl (C=O) groups excluding carboxylic acids is 1. The van der Waals surface area contributed by atoms with Crippen LogP contribution in [0.5, 0.6) is 0 Å². The fraction of sp³-hybridized carbons (Fsp3) is 0.562. The average Bonchev–Trinajstić information content (AvgIpc) is 2.49. The highest BCUT2D eigenvalue weighted by Crippen LogP contribution is 2.22. The van der Waals surface area contributed by atoms with Gasteiger partial charge >= 0.3 is 5.97 Å². The molecule has 2 unspecified atom stereocenters. The molecule has 1 aromatic carbocycles. The third kappa shape index (κ3) is 5.44. The summed E-state index contributed by atoms with van der Waals surface area (Å²) in [7, 11) is 1.34. The number of esters is 1. The zero-order valence-electron chi connectivity index (χ0n) is 12.9. The lowest BCUT2D eigenvalue weighted by Gasteiger charge is -2.24. The van der Waals surface area contributed by atoms with Crippen LogP contribution >= 0.6 is 0 Å². The molecule has 4 nitrogen and oxygen atoms in total. The van der Waals surface area contributed by atoms with E-state index >= 15 is 0 Å². The van der Waals surface area contributed by atoms with Gasteiger partial charge in [-0.15, -0.1) is 0 Å². The summed E-state index contributed by atoms with van der Waals surface area (Å²) in [5, 5.41) is 13.7. The van der Waals surface area contributed by atoms with Crippen LogP contribution in [0, 0.1) is 12.7 Å². The second-order valence-electron chi connectivity index (χ2n) is 5.13. The Morgan fingerprint density at radius 3 is 2.76 bits per heavy atom. The summed E-state index contributed by atoms with van der Waals surface area (Å²) in [4.78, 5) is 11.3. The Balaban J connectivity index is 2.79. The topological polar surface area (TPSA) is 58.6 Å². The number of nitrogens with one attached hydrogen (secondary N) is 1. The molecule has 0 aromatic heterocycles. The fourth-order valence-electron chi connectivity index (χ4n) is 2.16. The standard InChI is InChI=1S/C16H24FNO3/c1-4-9-18-14(7-8-15(19)21-3)16(20)12-5-6-13(17)11(2)10-12/h5-6,10,14,16,18,20H,4,7-9H2,1-3H3. The van der Waals surface area contributed by atoms with Gasteiger partial charge in [-0.25, -0.2) is 4.39 Å². The predicted octanol–water partition coefficient (Wildman–Crippen LogP) is 2.49. The Bertz CT molecular complexity index is 465. The molecular weight excluding hydrogens is 273 g/mol. The van der Waals surface area contributed by atoms with Crippen molar-refractivity contribution < 1.29 is 19.0 Å². The van der Waals surface area contributed by atoms with Crippen molar-refractivity contribution in [3.05, 3.63) is 35.1 Å². The first-order valence-electron chi connectivity index (χ1n) is 7.23. The van der Waals surface area contributed by atoms with E-state index < -0.39 is 6.10 Å². The molecule has 1 aromatic rings. The van der Waals surface area contributed by atoms with Crippen molar-refractivity contribution >= 4 is 5.97 Å². The van der Waals surface area contributed by atoms with Crippen LogP contribution in [0.15, 0.2) is 18.2 Å². The maximum atomic E-state index is 13.3. The van der Waals surface area contributed by atoms with Gasteiger partial charge in [-0.1, -0.05) is 19.1 Å². The first-order chi connectivity index (χ1) is 9.99. The summed E-state index contributed by atoms with van der Waals surface area (Å²) in [5.41, 5.74) is 1.14. The number of rotatable bonds is 8. The highest BCUT2D eigenvalue weighted by molar-refractivity contribution is 5.69. The van der Waals surface area contributed by atoms with E-state index in [0.29, 0.717) is 17.5 Å². The van der Waals surface area contributed by atoms with Gasteiger partial charge in [0.25, 0.3) is 0 Å². The summed E-state index contributed by atoms with van der Waals surface area (Å²) in [6, 6.07) is 4.30. The minimum absolute atomic E-state index is 0.231. The smallest absolute Gasteiger partial charge is 0.305 e. The lowest BCUT2D eigenvalue weighted by atomic mass is 9.97. The van der Waals surface area contributed by atoms with Crippen LogP contribution < -0.4 is 5.32 Å². The van der Waals surface area contributed by atoms with Gasteiger partial charge in [0.1, 0.15) is 5.82 Å². The molecule has 118 valence electrons. The molecule has 0 aliphatic carbocycles. The van der Waals surface area contributed by atoms with Crippen LogP contribution in [-0.4, -0.2) is 30.8 Å². The van der Waals surface area contributed by atoms with Gasteiger partial charge < -0.3 is 15.2 Å². The van der Waals surface area contributed by atoms with Crippen LogP contribution in [0.1, 0.15) is 43.4 Å². The molecule has 0 spiro atoms. The number of carbonyl (C=O) groups is 1. The van der Waals surface area contributed by atoms with Gasteiger partial charge in [-0.3, -0.25) is 4.79 Å². The van der Waals surface area contributed by atoms with Crippen molar-refractivity contribution in [1.29, 1.82) is 0 Å². The van der Waals surface area contributed by atoms with Gasteiger partial charge in [0.2, 0.25) is 0 Å². The molecule has 0 fully saturated rings. The van der Waals surface area contributed by atoms with E-state index in [4.69, 9.17) is 0 Å². The van der Waals surface area contributed by atoms with Gasteiger partial charge in [0.15, 0.2) is 0 Å². The maximum absolute atomic E-state index is 13.3. The molecule has 1 rings (SSSR count). The van der Waals surface area contributed by atoms with E-state index in [2.05, 4.69) is 10.1 Å². The first kappa shape index (κ1) is 17.6. The van der Waals surface area contributed by atoms with Crippen molar-refractivity contribution in [3.8, 4) is 0 Å². The van der Waals surface area contributed by atoms with Gasteiger partial charge in [-0.2, -0.15) is 0 Å². The zero-order valence-corrected chi connectivity index (χ0v) is 12.9. The minimum Gasteiger partial charge on any atom is -0.469 e. The highest BCUT2D eigenvalue weighted by atomic mass is 19.1. The first-order valence-corrected chi connectivity index (χ1v) is 7.23. The Kier molecular flexibility index (Phi) is 7.32. The molecule has 0 aliphatic heterocycles. The summed E-state index contributed by atoms with van der Waals surface area (Å²) in [6.45, 7) is 4.43. The third-order valence-electron chi connectivity index (χ3n) is 3.45. The minimum atomic E-state index is -0.791. The van der Waals surface area contributed by atoms with E-state index in [0.717, 1.165) is 13.0 Å². The van der Waals surface area contributed by atoms with Gasteiger partial charge in [0.05, 0.1) is 13.2 Å². The van der Waals surface area contributed by atoms with Crippen LogP contribution in [-0.2, 0) is 9.53 Å². The van der Waals surface area contributed by atoms with E-state index in [1.807, 2.05) is 6.92 Å². The SMILES string of the molecule is CCCNC(CCC(=O)OC)C(O)c1ccc(F)c(C)c1. The second-order valence-corrected chi connectivity index (χ2v) is 5.13. The summed E-state index contributed by atoms with van der Waals surface area (Å²) in [5.74, 6) is -0.598. The maximum Gasteiger partial charge on any atom is 0.305 e. The van der Waals surface area contributed by atoms with E-state index in [-0.39, 0.29) is 24.2 Å². The Labute approximate surface area is 125 Å². The molecule has 2 atom stereocenters. The second kappa shape index (κ2) is 8.74. The molecule has 0 heterocycles. The number of benzene rings is 1. The molecule has 21 heavy (non-hydrogen) atoms. The summed E-state index contributed by atoms with van der Waals surface area (Å²) < 4.78 is 17.9. The van der Waals surface area contributed by atoms with Crippen molar-refractivity contribution in [3.63, 3.8) is 0 Å². The van der Waals surface area contributed by atoms with Crippen LogP contribution in [0.3, 0.4) is 0 Å². The van der Waals surface area contributed by atoms with Crippen LogP contribution in [0.2, 0.25) is 0 Å². The molecule has 0 bridgehead atoms. The Hall–Kier alpha value is -1.46. The van der Waals surface area contributed by atoms with Crippen molar-refractivity contribution in [2.45, 2.75) is 45.3 Å². The molecule has 0 radical (unpaired) electrons. The van der Waals surface area contributed by atoms with E-state index in [9.17, 15) is 14.3 Å². The summed E-state index contributed by atoms with van der Waals surface area (Å²) in [6.07, 6.45) is 0.823. The normalized spacial score (nSPS) is 13.8. The highest BCUT2D eigenvalue weighted by Gasteiger charge is 2.22. The number of hydrogen-bond acceptors (Lipinski definition) is 4. The van der Waals surface area contributed by atoms with E-state index in [1.54, 1.807) is 19.1 Å². The lowest BCUT2D eigenvalue weighted by Crippen LogP contribution is -2.36.